The molecule has 1 amide bonds. The van der Waals surface area contributed by atoms with Gasteiger partial charge in [-0.2, -0.15) is 0 Å². The van der Waals surface area contributed by atoms with E-state index in [4.69, 9.17) is 9.05 Å². The molecular weight excluding hydrogens is 816 g/mol. The summed E-state index contributed by atoms with van der Waals surface area (Å²) in [5, 5.41) is 13.8. The highest BCUT2D eigenvalue weighted by atomic mass is 31.2. The maximum atomic E-state index is 12.9. The number of nitrogens with one attached hydrogen (secondary N) is 1. The standard InChI is InChI=1S/C55H105N2O6P/c1-6-8-10-12-14-16-18-20-22-24-26-28-30-32-34-36-38-40-42-44-46-48-54(58)53(52-63-64(60,61)62-51-50-57(3,4)5)56-55(59)49-47-45-43-41-39-37-35-33-31-29-27-25-23-21-19-17-15-13-11-9-7-2/h9,11,15,17,38,40,46,48,53-54,58H,6-8,10,12-14,16,18-37,39,41-45,47,49-52H2,1-5H3,(H-,56,59,60,61)/b11-9-,17-15-,40-38+,48-46+. The van der Waals surface area contributed by atoms with Gasteiger partial charge in [0, 0.05) is 6.42 Å². The van der Waals surface area contributed by atoms with E-state index >= 15 is 0 Å². The molecule has 0 radical (unpaired) electrons. The van der Waals surface area contributed by atoms with Crippen LogP contribution >= 0.6 is 7.82 Å². The van der Waals surface area contributed by atoms with Crippen molar-refractivity contribution in [1.29, 1.82) is 0 Å². The summed E-state index contributed by atoms with van der Waals surface area (Å²) in [6.45, 7) is 4.55. The Labute approximate surface area is 397 Å². The predicted molar refractivity (Wildman–Crippen MR) is 274 cm³/mol. The fraction of sp³-hybridized carbons (Fsp3) is 0.836. The number of likely N-dealkylation sites (N-methyl/N-ethyl adjacent to an activating group) is 1. The lowest BCUT2D eigenvalue weighted by molar-refractivity contribution is -0.870. The molecule has 0 aromatic heterocycles. The Morgan fingerprint density at radius 2 is 0.969 bits per heavy atom. The van der Waals surface area contributed by atoms with Crippen LogP contribution in [0.3, 0.4) is 0 Å². The zero-order valence-electron chi connectivity index (χ0n) is 42.7. The Morgan fingerprint density at radius 1 is 0.562 bits per heavy atom. The van der Waals surface area contributed by atoms with Gasteiger partial charge in [-0.3, -0.25) is 9.36 Å². The van der Waals surface area contributed by atoms with Gasteiger partial charge in [0.15, 0.2) is 0 Å². The second-order valence-electron chi connectivity index (χ2n) is 19.5. The number of carbonyl (C=O) groups is 1. The van der Waals surface area contributed by atoms with Crippen LogP contribution in [0, 0.1) is 0 Å². The number of aliphatic hydroxyl groups is 1. The Bertz CT molecular complexity index is 1180. The van der Waals surface area contributed by atoms with Crippen LogP contribution in [-0.2, 0) is 18.4 Å². The lowest BCUT2D eigenvalue weighted by atomic mass is 10.0. The van der Waals surface area contributed by atoms with Crippen molar-refractivity contribution in [3.05, 3.63) is 48.6 Å². The smallest absolute Gasteiger partial charge is 0.268 e. The topological polar surface area (TPSA) is 108 Å². The van der Waals surface area contributed by atoms with Crippen LogP contribution in [0.5, 0.6) is 0 Å². The number of rotatable bonds is 49. The van der Waals surface area contributed by atoms with E-state index in [1.807, 2.05) is 27.2 Å². The van der Waals surface area contributed by atoms with Gasteiger partial charge in [0.1, 0.15) is 13.2 Å². The molecule has 0 spiro atoms. The van der Waals surface area contributed by atoms with E-state index in [1.165, 1.54) is 173 Å². The van der Waals surface area contributed by atoms with Crippen molar-refractivity contribution in [2.24, 2.45) is 0 Å². The number of carbonyl (C=O) groups excluding carboxylic acids is 1. The van der Waals surface area contributed by atoms with E-state index in [2.05, 4.69) is 55.6 Å². The van der Waals surface area contributed by atoms with Crippen LogP contribution in [0.2, 0.25) is 0 Å². The van der Waals surface area contributed by atoms with Crippen molar-refractivity contribution in [3.8, 4) is 0 Å². The summed E-state index contributed by atoms with van der Waals surface area (Å²) in [7, 11) is 1.25. The van der Waals surface area contributed by atoms with E-state index in [-0.39, 0.29) is 12.5 Å². The number of aliphatic hydroxyl groups excluding tert-OH is 1. The molecule has 9 heteroatoms. The largest absolute Gasteiger partial charge is 0.756 e. The number of unbranched alkanes of at least 4 members (excludes halogenated alkanes) is 30. The van der Waals surface area contributed by atoms with Crippen LogP contribution in [0.1, 0.15) is 245 Å². The maximum Gasteiger partial charge on any atom is 0.268 e. The number of nitrogens with zero attached hydrogens (tertiary/aromatic N) is 1. The molecule has 0 fully saturated rings. The number of amides is 1. The van der Waals surface area contributed by atoms with Crippen LogP contribution < -0.4 is 10.2 Å². The Morgan fingerprint density at radius 3 is 1.44 bits per heavy atom. The molecule has 0 aromatic carbocycles. The first-order chi connectivity index (χ1) is 31.0. The van der Waals surface area contributed by atoms with Gasteiger partial charge in [-0.05, 0) is 57.8 Å². The highest BCUT2D eigenvalue weighted by Gasteiger charge is 2.23. The van der Waals surface area contributed by atoms with Crippen molar-refractivity contribution in [2.75, 3.05) is 40.9 Å². The first-order valence-electron chi connectivity index (χ1n) is 27.0. The monoisotopic (exact) mass is 921 g/mol. The van der Waals surface area contributed by atoms with Crippen LogP contribution in [0.4, 0.5) is 0 Å². The summed E-state index contributed by atoms with van der Waals surface area (Å²) in [5.41, 5.74) is 0. The average Bonchev–Trinajstić information content (AvgIpc) is 3.25. The van der Waals surface area contributed by atoms with Crippen molar-refractivity contribution in [3.63, 3.8) is 0 Å². The molecule has 8 nitrogen and oxygen atoms in total. The van der Waals surface area contributed by atoms with Gasteiger partial charge >= 0.3 is 0 Å². The summed E-state index contributed by atoms with van der Waals surface area (Å²) in [5.74, 6) is -0.207. The van der Waals surface area contributed by atoms with E-state index in [0.29, 0.717) is 17.4 Å². The molecule has 2 N–H and O–H groups in total. The van der Waals surface area contributed by atoms with Crippen LogP contribution in [0.25, 0.3) is 0 Å². The molecule has 0 bridgehead atoms. The Balaban J connectivity index is 4.30. The summed E-state index contributed by atoms with van der Waals surface area (Å²) in [4.78, 5) is 25.4. The lowest BCUT2D eigenvalue weighted by Crippen LogP contribution is -2.45. The van der Waals surface area contributed by atoms with E-state index in [0.717, 1.165) is 51.4 Å². The Hall–Kier alpha value is -1.54. The first-order valence-corrected chi connectivity index (χ1v) is 28.5. The molecule has 0 saturated heterocycles. The molecule has 0 rings (SSSR count). The fourth-order valence-corrected chi connectivity index (χ4v) is 8.52. The molecule has 64 heavy (non-hydrogen) atoms. The summed E-state index contributed by atoms with van der Waals surface area (Å²) in [6, 6.07) is -0.904. The van der Waals surface area contributed by atoms with Gasteiger partial charge in [-0.1, -0.05) is 229 Å². The lowest BCUT2D eigenvalue weighted by Gasteiger charge is -2.29. The van der Waals surface area contributed by atoms with Gasteiger partial charge in [0.05, 0.1) is 39.9 Å². The number of allylic oxidation sites excluding steroid dienone is 7. The van der Waals surface area contributed by atoms with E-state index in [9.17, 15) is 19.4 Å². The minimum atomic E-state index is -4.60. The normalized spacial score (nSPS) is 14.4. The number of hydrogen-bond acceptors (Lipinski definition) is 6. The van der Waals surface area contributed by atoms with Gasteiger partial charge in [0.25, 0.3) is 7.82 Å². The third kappa shape index (κ3) is 48.4. The summed E-state index contributed by atoms with van der Waals surface area (Å²) < 4.78 is 23.3. The summed E-state index contributed by atoms with van der Waals surface area (Å²) in [6.07, 6.45) is 60.4. The molecule has 0 heterocycles. The molecule has 0 aromatic rings. The maximum absolute atomic E-state index is 12.9. The van der Waals surface area contributed by atoms with Gasteiger partial charge in [-0.25, -0.2) is 0 Å². The number of phosphoric ester groups is 1. The number of hydrogen-bond donors (Lipinski definition) is 2. The molecule has 376 valence electrons. The first kappa shape index (κ1) is 62.5. The number of phosphoric acid groups is 1. The van der Waals surface area contributed by atoms with E-state index < -0.39 is 26.6 Å². The SMILES string of the molecule is CC/C=C\C/C=C\CCCCCCCCCCCCCCCCC(=O)NC(COP(=O)([O-])OCC[N+](C)(C)C)C(O)/C=C/CC/C=C/CCCCCCCCCCCCCCCCC. The zero-order chi connectivity index (χ0) is 47.1. The predicted octanol–water partition coefficient (Wildman–Crippen LogP) is 15.3. The highest BCUT2D eigenvalue weighted by molar-refractivity contribution is 7.45. The molecular formula is C55H105N2O6P. The Kier molecular flexibility index (Phi) is 45.4. The molecule has 3 atom stereocenters. The molecule has 0 aliphatic heterocycles. The molecule has 3 unspecified atom stereocenters. The summed E-state index contributed by atoms with van der Waals surface area (Å²) >= 11 is 0. The highest BCUT2D eigenvalue weighted by Crippen LogP contribution is 2.38. The molecule has 0 saturated carbocycles. The third-order valence-corrected chi connectivity index (χ3v) is 13.0. The van der Waals surface area contributed by atoms with Crippen molar-refractivity contribution < 1.29 is 32.9 Å². The minimum Gasteiger partial charge on any atom is -0.756 e. The van der Waals surface area contributed by atoms with Crippen molar-refractivity contribution in [2.45, 2.75) is 257 Å². The molecule has 0 aliphatic rings. The van der Waals surface area contributed by atoms with Crippen LogP contribution in [0.15, 0.2) is 48.6 Å². The third-order valence-electron chi connectivity index (χ3n) is 12.0. The second-order valence-corrected chi connectivity index (χ2v) is 21.0. The van der Waals surface area contributed by atoms with Crippen molar-refractivity contribution in [1.82, 2.24) is 5.32 Å². The van der Waals surface area contributed by atoms with Gasteiger partial charge in [-0.15, -0.1) is 0 Å². The van der Waals surface area contributed by atoms with Gasteiger partial charge in [0.2, 0.25) is 5.91 Å². The minimum absolute atomic E-state index is 0.00655. The second kappa shape index (κ2) is 46.6. The average molecular weight is 921 g/mol. The van der Waals surface area contributed by atoms with E-state index in [1.54, 1.807) is 6.08 Å². The van der Waals surface area contributed by atoms with Crippen molar-refractivity contribution >= 4 is 13.7 Å². The van der Waals surface area contributed by atoms with Crippen LogP contribution in [-0.4, -0.2) is 68.5 Å². The fourth-order valence-electron chi connectivity index (χ4n) is 7.80. The zero-order valence-corrected chi connectivity index (χ0v) is 43.6. The number of quaternary nitrogens is 1. The molecule has 0 aliphatic carbocycles. The quantitative estimate of drug-likeness (QED) is 0.0272. The van der Waals surface area contributed by atoms with Gasteiger partial charge < -0.3 is 28.8 Å².